The third-order valence-corrected chi connectivity index (χ3v) is 5.66. The summed E-state index contributed by atoms with van der Waals surface area (Å²) in [6.07, 6.45) is 3.18. The number of likely N-dealkylation sites (tertiary alicyclic amines) is 1. The average Bonchev–Trinajstić information content (AvgIpc) is 3.11. The molecule has 2 heterocycles. The van der Waals surface area contributed by atoms with Crippen LogP contribution >= 0.6 is 0 Å². The standard InChI is InChI=1S/C23H25FN2O2/c1-28-18-12-14-26(15-13-18)22(27)11-10-20-19-4-2-3-5-21(19)25-23(20)16-6-8-17(24)9-7-16/h2-9,18,25H,10-15H2,1H3. The van der Waals surface area contributed by atoms with Gasteiger partial charge in [0.15, 0.2) is 0 Å². The van der Waals surface area contributed by atoms with Gasteiger partial charge in [-0.3, -0.25) is 4.79 Å². The summed E-state index contributed by atoms with van der Waals surface area (Å²) in [7, 11) is 1.73. The number of nitrogens with zero attached hydrogens (tertiary/aromatic N) is 1. The first-order chi connectivity index (χ1) is 13.7. The fourth-order valence-corrected chi connectivity index (χ4v) is 4.05. The van der Waals surface area contributed by atoms with Crippen LogP contribution in [0.1, 0.15) is 24.8 Å². The van der Waals surface area contributed by atoms with E-state index in [-0.39, 0.29) is 17.8 Å². The Hall–Kier alpha value is -2.66. The van der Waals surface area contributed by atoms with Crippen LogP contribution < -0.4 is 0 Å². The smallest absolute Gasteiger partial charge is 0.222 e. The number of carbonyl (C=O) groups excluding carboxylic acids is 1. The molecule has 0 radical (unpaired) electrons. The summed E-state index contributed by atoms with van der Waals surface area (Å²) in [5.41, 5.74) is 4.04. The molecule has 2 aromatic carbocycles. The number of fused-ring (bicyclic) bond motifs is 1. The van der Waals surface area contributed by atoms with Crippen molar-refractivity contribution in [2.45, 2.75) is 31.8 Å². The molecule has 3 aromatic rings. The van der Waals surface area contributed by atoms with Crippen LogP contribution in [0.25, 0.3) is 22.2 Å². The Morgan fingerprint density at radius 3 is 2.57 bits per heavy atom. The van der Waals surface area contributed by atoms with Gasteiger partial charge in [0.2, 0.25) is 5.91 Å². The van der Waals surface area contributed by atoms with Crippen molar-refractivity contribution in [1.29, 1.82) is 0 Å². The van der Waals surface area contributed by atoms with Crippen molar-refractivity contribution in [3.63, 3.8) is 0 Å². The number of H-pyrrole nitrogens is 1. The van der Waals surface area contributed by atoms with Gasteiger partial charge in [0.05, 0.1) is 6.10 Å². The Morgan fingerprint density at radius 2 is 1.86 bits per heavy atom. The van der Waals surface area contributed by atoms with E-state index in [9.17, 15) is 9.18 Å². The maximum Gasteiger partial charge on any atom is 0.222 e. The molecular formula is C23H25FN2O2. The molecule has 0 bridgehead atoms. The lowest BCUT2D eigenvalue weighted by atomic mass is 10.00. The van der Waals surface area contributed by atoms with Crippen molar-refractivity contribution in [2.24, 2.45) is 0 Å². The topological polar surface area (TPSA) is 45.3 Å². The first-order valence-corrected chi connectivity index (χ1v) is 9.82. The number of hydrogen-bond acceptors (Lipinski definition) is 2. The zero-order valence-electron chi connectivity index (χ0n) is 16.1. The number of benzene rings is 2. The van der Waals surface area contributed by atoms with Crippen molar-refractivity contribution in [1.82, 2.24) is 9.88 Å². The third-order valence-electron chi connectivity index (χ3n) is 5.66. The van der Waals surface area contributed by atoms with Crippen molar-refractivity contribution >= 4 is 16.8 Å². The maximum atomic E-state index is 13.4. The van der Waals surface area contributed by atoms with Gasteiger partial charge in [-0.25, -0.2) is 4.39 Å². The number of nitrogens with one attached hydrogen (secondary N) is 1. The summed E-state index contributed by atoms with van der Waals surface area (Å²) in [6.45, 7) is 1.52. The minimum atomic E-state index is -0.254. The van der Waals surface area contributed by atoms with Gasteiger partial charge in [-0.05, 0) is 60.7 Å². The van der Waals surface area contributed by atoms with Gasteiger partial charge in [-0.2, -0.15) is 0 Å². The molecule has 28 heavy (non-hydrogen) atoms. The minimum absolute atomic E-state index is 0.185. The van der Waals surface area contributed by atoms with E-state index < -0.39 is 0 Å². The Morgan fingerprint density at radius 1 is 1.14 bits per heavy atom. The van der Waals surface area contributed by atoms with Gasteiger partial charge >= 0.3 is 0 Å². The highest BCUT2D eigenvalue weighted by Gasteiger charge is 2.23. The van der Waals surface area contributed by atoms with Gasteiger partial charge in [0, 0.05) is 43.2 Å². The van der Waals surface area contributed by atoms with E-state index in [1.165, 1.54) is 12.1 Å². The van der Waals surface area contributed by atoms with Crippen LogP contribution in [0.3, 0.4) is 0 Å². The number of rotatable bonds is 5. The number of carbonyl (C=O) groups is 1. The Bertz CT molecular complexity index is 956. The zero-order chi connectivity index (χ0) is 19.5. The molecule has 1 aromatic heterocycles. The fourth-order valence-electron chi connectivity index (χ4n) is 4.05. The number of ether oxygens (including phenoxy) is 1. The summed E-state index contributed by atoms with van der Waals surface area (Å²) < 4.78 is 18.7. The van der Waals surface area contributed by atoms with E-state index in [1.54, 1.807) is 19.2 Å². The molecule has 0 saturated carbocycles. The second-order valence-corrected chi connectivity index (χ2v) is 7.35. The first kappa shape index (κ1) is 18.7. The van der Waals surface area contributed by atoms with Gasteiger partial charge in [0.1, 0.15) is 5.82 Å². The molecule has 5 heteroatoms. The molecule has 0 unspecified atom stereocenters. The number of methoxy groups -OCH3 is 1. The summed E-state index contributed by atoms with van der Waals surface area (Å²) in [6, 6.07) is 14.6. The van der Waals surface area contributed by atoms with Gasteiger partial charge in [0.25, 0.3) is 0 Å². The van der Waals surface area contributed by atoms with Gasteiger partial charge < -0.3 is 14.6 Å². The molecule has 4 rings (SSSR count). The van der Waals surface area contributed by atoms with E-state index >= 15 is 0 Å². The van der Waals surface area contributed by atoms with Crippen LogP contribution in [-0.2, 0) is 16.0 Å². The Labute approximate surface area is 164 Å². The molecule has 1 aliphatic heterocycles. The maximum absolute atomic E-state index is 13.4. The third kappa shape index (κ3) is 3.80. The second kappa shape index (κ2) is 8.15. The lowest BCUT2D eigenvalue weighted by Crippen LogP contribution is -2.40. The van der Waals surface area contributed by atoms with E-state index in [0.717, 1.165) is 53.7 Å². The Kier molecular flexibility index (Phi) is 5.44. The van der Waals surface area contributed by atoms with Crippen LogP contribution in [0, 0.1) is 5.82 Å². The lowest BCUT2D eigenvalue weighted by Gasteiger charge is -2.31. The highest BCUT2D eigenvalue weighted by molar-refractivity contribution is 5.91. The van der Waals surface area contributed by atoms with E-state index in [2.05, 4.69) is 11.1 Å². The van der Waals surface area contributed by atoms with Crippen molar-refractivity contribution < 1.29 is 13.9 Å². The number of aromatic nitrogens is 1. The molecule has 0 atom stereocenters. The second-order valence-electron chi connectivity index (χ2n) is 7.35. The molecule has 146 valence electrons. The van der Waals surface area contributed by atoms with Gasteiger partial charge in [-0.1, -0.05) is 18.2 Å². The van der Waals surface area contributed by atoms with E-state index in [0.29, 0.717) is 12.8 Å². The molecule has 1 N–H and O–H groups in total. The van der Waals surface area contributed by atoms with Crippen molar-refractivity contribution in [3.05, 3.63) is 59.9 Å². The van der Waals surface area contributed by atoms with Crippen LogP contribution in [-0.4, -0.2) is 42.1 Å². The average molecular weight is 380 g/mol. The first-order valence-electron chi connectivity index (χ1n) is 9.82. The number of hydrogen-bond donors (Lipinski definition) is 1. The fraction of sp³-hybridized carbons (Fsp3) is 0.348. The molecule has 0 aliphatic carbocycles. The number of para-hydroxylation sites is 1. The predicted octanol–water partition coefficient (Wildman–Crippen LogP) is 4.54. The van der Waals surface area contributed by atoms with Crippen molar-refractivity contribution in [2.75, 3.05) is 20.2 Å². The summed E-state index contributed by atoms with van der Waals surface area (Å²) in [5.74, 6) is -0.0686. The van der Waals surface area contributed by atoms with Crippen molar-refractivity contribution in [3.8, 4) is 11.3 Å². The molecule has 1 fully saturated rings. The molecule has 4 nitrogen and oxygen atoms in total. The number of aryl methyl sites for hydroxylation is 1. The number of halogens is 1. The quantitative estimate of drug-likeness (QED) is 0.706. The van der Waals surface area contributed by atoms with Crippen LogP contribution in [0.4, 0.5) is 4.39 Å². The summed E-state index contributed by atoms with van der Waals surface area (Å²) in [4.78, 5) is 18.1. The normalized spacial score (nSPS) is 15.3. The van der Waals surface area contributed by atoms with Crippen LogP contribution in [0.15, 0.2) is 48.5 Å². The zero-order valence-corrected chi connectivity index (χ0v) is 16.1. The number of amides is 1. The molecular weight excluding hydrogens is 355 g/mol. The Balaban J connectivity index is 1.55. The molecule has 1 aliphatic rings. The van der Waals surface area contributed by atoms with E-state index in [4.69, 9.17) is 4.74 Å². The molecule has 0 spiro atoms. The minimum Gasteiger partial charge on any atom is -0.381 e. The van der Waals surface area contributed by atoms with Gasteiger partial charge in [-0.15, -0.1) is 0 Å². The lowest BCUT2D eigenvalue weighted by molar-refractivity contribution is -0.133. The molecule has 1 saturated heterocycles. The SMILES string of the molecule is COC1CCN(C(=O)CCc2c(-c3ccc(F)cc3)[nH]c3ccccc23)CC1. The van der Waals surface area contributed by atoms with Crippen LogP contribution in [0.5, 0.6) is 0 Å². The number of aromatic amines is 1. The van der Waals surface area contributed by atoms with Crippen LogP contribution in [0.2, 0.25) is 0 Å². The highest BCUT2D eigenvalue weighted by atomic mass is 19.1. The largest absolute Gasteiger partial charge is 0.381 e. The number of piperidine rings is 1. The summed E-state index contributed by atoms with van der Waals surface area (Å²) >= 11 is 0. The molecule has 1 amide bonds. The predicted molar refractivity (Wildman–Crippen MR) is 109 cm³/mol. The summed E-state index contributed by atoms with van der Waals surface area (Å²) in [5, 5.41) is 1.12. The van der Waals surface area contributed by atoms with E-state index in [1.807, 2.05) is 23.1 Å². The monoisotopic (exact) mass is 380 g/mol. The highest BCUT2D eigenvalue weighted by Crippen LogP contribution is 2.31.